The van der Waals surface area contributed by atoms with Gasteiger partial charge in [-0.1, -0.05) is 62.3 Å². The molecule has 18 nitrogen and oxygen atoms in total. The Morgan fingerprint density at radius 2 is 1.72 bits per heavy atom. The number of nitrogens with one attached hydrogen (secondary N) is 4. The van der Waals surface area contributed by atoms with Gasteiger partial charge in [0.1, 0.15) is 23.6 Å². The van der Waals surface area contributed by atoms with Crippen LogP contribution in [0.15, 0.2) is 76.8 Å². The van der Waals surface area contributed by atoms with Crippen LogP contribution in [0, 0.1) is 12.3 Å². The fourth-order valence-corrected chi connectivity index (χ4v) is 8.86. The molecule has 67 heavy (non-hydrogen) atoms. The van der Waals surface area contributed by atoms with Gasteiger partial charge in [-0.3, -0.25) is 28.8 Å². The number of phenols is 1. The summed E-state index contributed by atoms with van der Waals surface area (Å²) in [6.45, 7) is 6.50. The van der Waals surface area contributed by atoms with E-state index in [2.05, 4.69) is 31.4 Å². The van der Waals surface area contributed by atoms with E-state index in [4.69, 9.17) is 9.26 Å². The van der Waals surface area contributed by atoms with Gasteiger partial charge in [-0.15, -0.1) is 11.3 Å². The van der Waals surface area contributed by atoms with E-state index in [1.54, 1.807) is 69.9 Å². The number of likely N-dealkylation sites (tertiary alicyclic amines) is 1. The molecule has 6 N–H and O–H groups in total. The molecule has 1 aliphatic carbocycles. The number of aromatic hydroxyl groups is 1. The molecule has 5 aromatic rings. The van der Waals surface area contributed by atoms with E-state index in [1.807, 2.05) is 37.3 Å². The normalized spacial score (nSPS) is 17.0. The molecule has 1 aliphatic heterocycles. The molecule has 3 aromatic carbocycles. The van der Waals surface area contributed by atoms with Crippen molar-refractivity contribution < 1.29 is 48.2 Å². The van der Waals surface area contributed by atoms with Crippen LogP contribution in [0.4, 0.5) is 0 Å². The summed E-state index contributed by atoms with van der Waals surface area (Å²) < 4.78 is 11.2. The minimum absolute atomic E-state index is 0.0150. The SMILES string of the molecule is Cc1ncsc1-c1ccc(CNC(=O)[C@@H]2C[C@@H](O)CN2C(=O)C(NC(=O)CNC(=O)COc2ccc3c(c2)[C@H](NC(=O)c2cc(-c4ccc(C(=O)N(C)C)c(O)c4)on2)CC3)C(C)(C)C)cc1. The van der Waals surface area contributed by atoms with Crippen molar-refractivity contribution in [3.05, 3.63) is 106 Å². The van der Waals surface area contributed by atoms with Crippen molar-refractivity contribution >= 4 is 46.8 Å². The Balaban J connectivity index is 0.885. The number of aryl methyl sites for hydroxylation is 2. The first-order valence-corrected chi connectivity index (χ1v) is 22.6. The number of thiazole rings is 1. The van der Waals surface area contributed by atoms with Crippen LogP contribution >= 0.6 is 11.3 Å². The average molecular weight is 935 g/mol. The maximum Gasteiger partial charge on any atom is 0.273 e. The van der Waals surface area contributed by atoms with Gasteiger partial charge >= 0.3 is 0 Å². The maximum absolute atomic E-state index is 14.0. The topological polar surface area (TPSA) is 246 Å². The number of amides is 6. The lowest BCUT2D eigenvalue weighted by atomic mass is 9.85. The Morgan fingerprint density at radius 1 is 0.970 bits per heavy atom. The Bertz CT molecular complexity index is 2670. The zero-order valence-corrected chi connectivity index (χ0v) is 38.9. The number of ether oxygens (including phenoxy) is 1. The number of benzene rings is 3. The largest absolute Gasteiger partial charge is 0.507 e. The minimum Gasteiger partial charge on any atom is -0.507 e. The number of fused-ring (bicyclic) bond motifs is 1. The quantitative estimate of drug-likeness (QED) is 0.0876. The van der Waals surface area contributed by atoms with Crippen LogP contribution < -0.4 is 26.0 Å². The van der Waals surface area contributed by atoms with Crippen molar-refractivity contribution in [2.75, 3.05) is 33.8 Å². The highest BCUT2D eigenvalue weighted by Crippen LogP contribution is 2.35. The predicted octanol–water partition coefficient (Wildman–Crippen LogP) is 3.90. The summed E-state index contributed by atoms with van der Waals surface area (Å²) in [6.07, 6.45) is 0.399. The minimum atomic E-state index is -1.09. The van der Waals surface area contributed by atoms with Crippen molar-refractivity contribution in [1.29, 1.82) is 0 Å². The smallest absolute Gasteiger partial charge is 0.273 e. The molecule has 3 heterocycles. The van der Waals surface area contributed by atoms with Gasteiger partial charge in [0.2, 0.25) is 17.7 Å². The molecule has 0 spiro atoms. The molecule has 1 unspecified atom stereocenters. The van der Waals surface area contributed by atoms with Gasteiger partial charge in [-0.2, -0.15) is 0 Å². The van der Waals surface area contributed by atoms with E-state index < -0.39 is 72.3 Å². The van der Waals surface area contributed by atoms with Gasteiger partial charge in [-0.05, 0) is 71.7 Å². The van der Waals surface area contributed by atoms with Crippen molar-refractivity contribution in [1.82, 2.24) is 41.2 Å². The number of rotatable bonds is 15. The summed E-state index contributed by atoms with van der Waals surface area (Å²) in [4.78, 5) is 87.2. The van der Waals surface area contributed by atoms with E-state index in [0.717, 1.165) is 32.8 Å². The van der Waals surface area contributed by atoms with E-state index in [0.29, 0.717) is 24.2 Å². The van der Waals surface area contributed by atoms with E-state index in [9.17, 15) is 39.0 Å². The van der Waals surface area contributed by atoms with Crippen LogP contribution in [-0.2, 0) is 32.1 Å². The molecule has 2 aliphatic rings. The molecule has 19 heteroatoms. The summed E-state index contributed by atoms with van der Waals surface area (Å²) in [5.74, 6) is -2.70. The van der Waals surface area contributed by atoms with Gasteiger partial charge < -0.3 is 50.5 Å². The van der Waals surface area contributed by atoms with Crippen LogP contribution in [0.5, 0.6) is 11.5 Å². The van der Waals surface area contributed by atoms with Crippen molar-refractivity contribution in [2.45, 2.75) is 77.7 Å². The molecular weight excluding hydrogens is 881 g/mol. The number of hydrogen-bond acceptors (Lipinski definition) is 13. The number of carbonyl (C=O) groups excluding carboxylic acids is 6. The lowest BCUT2D eigenvalue weighted by Gasteiger charge is -2.35. The fourth-order valence-electron chi connectivity index (χ4n) is 8.05. The molecule has 1 saturated heterocycles. The number of aliphatic hydroxyl groups excluding tert-OH is 1. The predicted molar refractivity (Wildman–Crippen MR) is 247 cm³/mol. The molecule has 2 aromatic heterocycles. The van der Waals surface area contributed by atoms with Crippen LogP contribution in [0.2, 0.25) is 0 Å². The number of aromatic nitrogens is 2. The van der Waals surface area contributed by atoms with Crippen molar-refractivity contribution in [3.8, 4) is 33.3 Å². The highest BCUT2D eigenvalue weighted by molar-refractivity contribution is 7.13. The highest BCUT2D eigenvalue weighted by Gasteiger charge is 2.44. The molecule has 352 valence electrons. The molecule has 7 rings (SSSR count). The molecular formula is C48H54N8O10S. The Kier molecular flexibility index (Phi) is 14.4. The number of hydrogen-bond donors (Lipinski definition) is 6. The Labute approximate surface area is 391 Å². The van der Waals surface area contributed by atoms with Crippen LogP contribution in [-0.4, -0.2) is 118 Å². The van der Waals surface area contributed by atoms with Gasteiger partial charge in [-0.25, -0.2) is 4.98 Å². The molecule has 0 bridgehead atoms. The lowest BCUT2D eigenvalue weighted by molar-refractivity contribution is -0.144. The third kappa shape index (κ3) is 11.3. The van der Waals surface area contributed by atoms with Crippen molar-refractivity contribution in [3.63, 3.8) is 0 Å². The third-order valence-electron chi connectivity index (χ3n) is 11.7. The van der Waals surface area contributed by atoms with Crippen LogP contribution in [0.25, 0.3) is 21.8 Å². The van der Waals surface area contributed by atoms with Gasteiger partial charge in [0.15, 0.2) is 18.1 Å². The second-order valence-electron chi connectivity index (χ2n) is 17.9. The fraction of sp³-hybridized carbons (Fsp3) is 0.375. The number of phenolic OH excluding ortho intramolecular Hbond substituents is 1. The van der Waals surface area contributed by atoms with Gasteiger partial charge in [0.05, 0.1) is 40.3 Å². The lowest BCUT2D eigenvalue weighted by Crippen LogP contribution is -2.58. The average Bonchev–Trinajstić information content (AvgIpc) is 4.13. The summed E-state index contributed by atoms with van der Waals surface area (Å²) in [6, 6.07) is 16.5. The summed E-state index contributed by atoms with van der Waals surface area (Å²) in [5, 5.41) is 36.0. The van der Waals surface area contributed by atoms with Gasteiger partial charge in [0, 0.05) is 45.2 Å². The van der Waals surface area contributed by atoms with Crippen LogP contribution in [0.1, 0.15) is 82.9 Å². The summed E-state index contributed by atoms with van der Waals surface area (Å²) in [7, 11) is 3.15. The van der Waals surface area contributed by atoms with Crippen LogP contribution in [0.3, 0.4) is 0 Å². The first-order chi connectivity index (χ1) is 31.9. The van der Waals surface area contributed by atoms with Gasteiger partial charge in [0.25, 0.3) is 17.7 Å². The molecule has 0 saturated carbocycles. The first-order valence-electron chi connectivity index (χ1n) is 21.8. The second-order valence-corrected chi connectivity index (χ2v) is 18.8. The van der Waals surface area contributed by atoms with E-state index >= 15 is 0 Å². The zero-order chi connectivity index (χ0) is 48.2. The number of aliphatic hydroxyl groups is 1. The Morgan fingerprint density at radius 3 is 2.40 bits per heavy atom. The standard InChI is InChI=1S/C48H54N8O10S/c1-26-42(67-25-51-26)29-9-7-27(8-10-29)21-50-45(62)37-18-31(57)23-56(37)47(64)43(48(2,3)4)53-40(59)22-49-41(60)24-65-32-14-11-28-13-16-35(34(28)19-32)52-44(61)36-20-39(66-54-36)30-12-15-33(38(58)17-30)46(63)55(5)6/h7-12,14-15,17,19-20,25,31,35,37,43,57-58H,13,16,18,21-24H2,1-6H3,(H,49,60)(H,50,62)(H,52,61)(H,53,59)/t31-,35-,37+,43?/m1/s1. The summed E-state index contributed by atoms with van der Waals surface area (Å²) in [5.41, 5.74) is 6.16. The molecule has 6 amide bonds. The highest BCUT2D eigenvalue weighted by atomic mass is 32.1. The first kappa shape index (κ1) is 47.8. The number of nitrogens with zero attached hydrogens (tertiary/aromatic N) is 4. The zero-order valence-electron chi connectivity index (χ0n) is 38.0. The number of β-amino-alcohol motifs (C(OH)–C–C–N with tert-alkyl or cyclic N) is 1. The van der Waals surface area contributed by atoms with Crippen molar-refractivity contribution in [2.24, 2.45) is 5.41 Å². The Hall–Kier alpha value is -7.12. The maximum atomic E-state index is 14.0. The summed E-state index contributed by atoms with van der Waals surface area (Å²) >= 11 is 1.55. The number of carbonyl (C=O) groups is 6. The second kappa shape index (κ2) is 20.2. The molecule has 0 radical (unpaired) electrons. The monoisotopic (exact) mass is 934 g/mol. The third-order valence-corrected chi connectivity index (χ3v) is 12.7. The molecule has 4 atom stereocenters. The van der Waals surface area contributed by atoms with E-state index in [-0.39, 0.29) is 48.2 Å². The molecule has 1 fully saturated rings. The van der Waals surface area contributed by atoms with E-state index in [1.165, 1.54) is 28.0 Å².